The molecule has 0 saturated carbocycles. The lowest BCUT2D eigenvalue weighted by Gasteiger charge is -2.02. The van der Waals surface area contributed by atoms with Crippen molar-refractivity contribution >= 4 is 17.1 Å². The van der Waals surface area contributed by atoms with E-state index in [-0.39, 0.29) is 13.2 Å². The van der Waals surface area contributed by atoms with Gasteiger partial charge in [-0.05, 0) is 18.2 Å². The summed E-state index contributed by atoms with van der Waals surface area (Å²) in [6.07, 6.45) is 1.77. The van der Waals surface area contributed by atoms with E-state index in [9.17, 15) is 4.79 Å². The Hall–Kier alpha value is -1.88. The van der Waals surface area contributed by atoms with E-state index in [0.29, 0.717) is 23.1 Å². The molecule has 0 fully saturated rings. The topological polar surface area (TPSA) is 72.6 Å². The summed E-state index contributed by atoms with van der Waals surface area (Å²) >= 11 is 0. The highest BCUT2D eigenvalue weighted by Gasteiger charge is 2.09. The highest BCUT2D eigenvalue weighted by molar-refractivity contribution is 5.93. The molecule has 0 spiro atoms. The Morgan fingerprint density at radius 2 is 2.38 bits per heavy atom. The molecule has 0 unspecified atom stereocenters. The SMILES string of the molecule is O=C(OCCCO)c1ccc2ncoc2c1. The van der Waals surface area contributed by atoms with E-state index in [1.165, 1.54) is 6.39 Å². The zero-order valence-corrected chi connectivity index (χ0v) is 8.55. The van der Waals surface area contributed by atoms with Gasteiger partial charge in [-0.2, -0.15) is 0 Å². The minimum atomic E-state index is -0.424. The highest BCUT2D eigenvalue weighted by Crippen LogP contribution is 2.14. The van der Waals surface area contributed by atoms with Crippen molar-refractivity contribution in [3.8, 4) is 0 Å². The fraction of sp³-hybridized carbons (Fsp3) is 0.273. The molecule has 5 heteroatoms. The number of hydrogen-bond donors (Lipinski definition) is 1. The summed E-state index contributed by atoms with van der Waals surface area (Å²) < 4.78 is 10.0. The number of fused-ring (bicyclic) bond motifs is 1. The molecule has 2 aromatic rings. The van der Waals surface area contributed by atoms with Crippen molar-refractivity contribution < 1.29 is 19.1 Å². The summed E-state index contributed by atoms with van der Waals surface area (Å²) in [5.41, 5.74) is 1.67. The van der Waals surface area contributed by atoms with Gasteiger partial charge in [-0.3, -0.25) is 0 Å². The van der Waals surface area contributed by atoms with Crippen molar-refractivity contribution in [1.29, 1.82) is 0 Å². The quantitative estimate of drug-likeness (QED) is 0.623. The van der Waals surface area contributed by atoms with E-state index in [1.54, 1.807) is 18.2 Å². The molecule has 0 aliphatic heterocycles. The van der Waals surface area contributed by atoms with Crippen LogP contribution >= 0.6 is 0 Å². The predicted octanol–water partition coefficient (Wildman–Crippen LogP) is 1.37. The molecule has 0 aliphatic carbocycles. The Morgan fingerprint density at radius 3 is 3.19 bits per heavy atom. The van der Waals surface area contributed by atoms with Crippen LogP contribution in [0.5, 0.6) is 0 Å². The molecule has 84 valence electrons. The van der Waals surface area contributed by atoms with Crippen LogP contribution in [0.1, 0.15) is 16.8 Å². The van der Waals surface area contributed by atoms with Gasteiger partial charge in [0.05, 0.1) is 12.2 Å². The third-order valence-electron chi connectivity index (χ3n) is 2.10. The van der Waals surface area contributed by atoms with Crippen LogP contribution in [0.4, 0.5) is 0 Å². The maximum Gasteiger partial charge on any atom is 0.338 e. The monoisotopic (exact) mass is 221 g/mol. The van der Waals surface area contributed by atoms with Gasteiger partial charge >= 0.3 is 5.97 Å². The largest absolute Gasteiger partial charge is 0.462 e. The van der Waals surface area contributed by atoms with E-state index >= 15 is 0 Å². The fourth-order valence-electron chi connectivity index (χ4n) is 1.29. The molecular formula is C11H11NO4. The summed E-state index contributed by atoms with van der Waals surface area (Å²) in [6.45, 7) is 0.220. The Morgan fingerprint density at radius 1 is 1.50 bits per heavy atom. The van der Waals surface area contributed by atoms with E-state index in [4.69, 9.17) is 14.3 Å². The molecule has 5 nitrogen and oxygen atoms in total. The molecule has 1 N–H and O–H groups in total. The van der Waals surface area contributed by atoms with E-state index in [1.807, 2.05) is 0 Å². The van der Waals surface area contributed by atoms with Gasteiger partial charge in [0.1, 0.15) is 5.52 Å². The van der Waals surface area contributed by atoms with Gasteiger partial charge in [-0.1, -0.05) is 0 Å². The molecule has 1 aromatic carbocycles. The smallest absolute Gasteiger partial charge is 0.338 e. The van der Waals surface area contributed by atoms with E-state index in [2.05, 4.69) is 4.98 Å². The Labute approximate surface area is 91.7 Å². The number of benzene rings is 1. The number of carbonyl (C=O) groups excluding carboxylic acids is 1. The normalized spacial score (nSPS) is 10.6. The summed E-state index contributed by atoms with van der Waals surface area (Å²) in [4.78, 5) is 15.5. The first-order chi connectivity index (χ1) is 7.81. The average Bonchev–Trinajstić information content (AvgIpc) is 2.76. The number of oxazole rings is 1. The van der Waals surface area contributed by atoms with Crippen molar-refractivity contribution in [3.05, 3.63) is 30.2 Å². The summed E-state index contributed by atoms with van der Waals surface area (Å²) in [5.74, 6) is -0.424. The van der Waals surface area contributed by atoms with Gasteiger partial charge in [0.15, 0.2) is 12.0 Å². The standard InChI is InChI=1S/C11H11NO4/c13-4-1-5-15-11(14)8-2-3-9-10(6-8)16-7-12-9/h2-3,6-7,13H,1,4-5H2. The molecule has 0 atom stereocenters. The minimum Gasteiger partial charge on any atom is -0.462 e. The third-order valence-corrected chi connectivity index (χ3v) is 2.10. The van der Waals surface area contributed by atoms with Crippen LogP contribution in [0.3, 0.4) is 0 Å². The lowest BCUT2D eigenvalue weighted by atomic mass is 10.2. The Bertz CT molecular complexity index is 491. The van der Waals surface area contributed by atoms with Crippen molar-refractivity contribution in [1.82, 2.24) is 4.98 Å². The molecular weight excluding hydrogens is 210 g/mol. The first-order valence-corrected chi connectivity index (χ1v) is 4.92. The number of carbonyl (C=O) groups is 1. The van der Waals surface area contributed by atoms with Crippen LogP contribution in [-0.2, 0) is 4.74 Å². The molecule has 0 saturated heterocycles. The van der Waals surface area contributed by atoms with Crippen LogP contribution < -0.4 is 0 Å². The second kappa shape index (κ2) is 4.76. The minimum absolute atomic E-state index is 0.00835. The van der Waals surface area contributed by atoms with Crippen LogP contribution in [-0.4, -0.2) is 29.3 Å². The molecule has 16 heavy (non-hydrogen) atoms. The Kier molecular flexibility index (Phi) is 3.16. The maximum atomic E-state index is 11.5. The van der Waals surface area contributed by atoms with Gasteiger partial charge in [0, 0.05) is 13.0 Å². The number of aliphatic hydroxyl groups excluding tert-OH is 1. The van der Waals surface area contributed by atoms with Gasteiger partial charge in [-0.15, -0.1) is 0 Å². The van der Waals surface area contributed by atoms with Crippen molar-refractivity contribution in [2.75, 3.05) is 13.2 Å². The lowest BCUT2D eigenvalue weighted by molar-refractivity contribution is 0.0482. The van der Waals surface area contributed by atoms with E-state index in [0.717, 1.165) is 0 Å². The van der Waals surface area contributed by atoms with Crippen LogP contribution in [0.2, 0.25) is 0 Å². The van der Waals surface area contributed by atoms with Gasteiger partial charge in [-0.25, -0.2) is 9.78 Å². The predicted molar refractivity (Wildman–Crippen MR) is 56.0 cm³/mol. The molecule has 2 rings (SSSR count). The number of esters is 1. The van der Waals surface area contributed by atoms with Gasteiger partial charge in [0.25, 0.3) is 0 Å². The van der Waals surface area contributed by atoms with Gasteiger partial charge in [0.2, 0.25) is 0 Å². The molecule has 0 aliphatic rings. The number of nitrogens with zero attached hydrogens (tertiary/aromatic N) is 1. The first-order valence-electron chi connectivity index (χ1n) is 4.92. The second-order valence-corrected chi connectivity index (χ2v) is 3.25. The molecule has 0 amide bonds. The number of hydrogen-bond acceptors (Lipinski definition) is 5. The van der Waals surface area contributed by atoms with E-state index < -0.39 is 5.97 Å². The summed E-state index contributed by atoms with van der Waals surface area (Å²) in [7, 11) is 0. The molecule has 0 bridgehead atoms. The Balaban J connectivity index is 2.10. The number of rotatable bonds is 4. The first kappa shape index (κ1) is 10.6. The van der Waals surface area contributed by atoms with Gasteiger partial charge < -0.3 is 14.3 Å². The van der Waals surface area contributed by atoms with Crippen molar-refractivity contribution in [2.24, 2.45) is 0 Å². The second-order valence-electron chi connectivity index (χ2n) is 3.25. The van der Waals surface area contributed by atoms with Crippen LogP contribution in [0.25, 0.3) is 11.1 Å². The van der Waals surface area contributed by atoms with Crippen molar-refractivity contribution in [2.45, 2.75) is 6.42 Å². The summed E-state index contributed by atoms with van der Waals surface area (Å²) in [5, 5.41) is 8.55. The fourth-order valence-corrected chi connectivity index (χ4v) is 1.29. The maximum absolute atomic E-state index is 11.5. The van der Waals surface area contributed by atoms with Crippen LogP contribution in [0, 0.1) is 0 Å². The zero-order valence-electron chi connectivity index (χ0n) is 8.55. The highest BCUT2D eigenvalue weighted by atomic mass is 16.5. The zero-order chi connectivity index (χ0) is 11.4. The number of aromatic nitrogens is 1. The summed E-state index contributed by atoms with van der Waals surface area (Å²) in [6, 6.07) is 4.91. The molecule has 1 heterocycles. The number of ether oxygens (including phenoxy) is 1. The number of aliphatic hydroxyl groups is 1. The van der Waals surface area contributed by atoms with Crippen LogP contribution in [0.15, 0.2) is 29.0 Å². The molecule has 0 radical (unpaired) electrons. The average molecular weight is 221 g/mol. The van der Waals surface area contributed by atoms with Crippen molar-refractivity contribution in [3.63, 3.8) is 0 Å². The lowest BCUT2D eigenvalue weighted by Crippen LogP contribution is -2.07. The third kappa shape index (κ3) is 2.20. The molecule has 1 aromatic heterocycles.